The number of rotatable bonds is 5. The zero-order valence-corrected chi connectivity index (χ0v) is 18.2. The molecule has 4 rings (SSSR count). The normalized spacial score (nSPS) is 11.9. The lowest BCUT2D eigenvalue weighted by atomic mass is 10.1. The predicted octanol–water partition coefficient (Wildman–Crippen LogP) is 5.38. The van der Waals surface area contributed by atoms with Gasteiger partial charge in [0.25, 0.3) is 0 Å². The number of hydrogen-bond acceptors (Lipinski definition) is 3. The Bertz CT molecular complexity index is 1210. The van der Waals surface area contributed by atoms with Gasteiger partial charge in [0.05, 0.1) is 0 Å². The fourth-order valence-corrected chi connectivity index (χ4v) is 4.57. The van der Waals surface area contributed by atoms with E-state index in [0.29, 0.717) is 21.2 Å². The first kappa shape index (κ1) is 20.3. The molecule has 0 aliphatic carbocycles. The molecule has 3 aromatic carbocycles. The minimum Gasteiger partial charge on any atom is -0.868 e. The highest BCUT2D eigenvalue weighted by Crippen LogP contribution is 2.27. The highest BCUT2D eigenvalue weighted by Gasteiger charge is 2.19. The quantitative estimate of drug-likeness (QED) is 0.185. The smallest absolute Gasteiger partial charge is 0.228 e. The monoisotopic (exact) mass is 427 g/mol. The molecule has 0 amide bonds. The standard InChI is InChI=1S/C26H21NOS2/c1-19-14-16-27(17-15-19)24(25(28)21-9-3-2-4-10-21)26(29)30-18-22-12-7-11-20-8-5-6-13-23(20)22/h2-17H,18H2,1H3. The van der Waals surface area contributed by atoms with Gasteiger partial charge in [-0.1, -0.05) is 85.0 Å². The van der Waals surface area contributed by atoms with Gasteiger partial charge in [0.15, 0.2) is 12.4 Å². The van der Waals surface area contributed by atoms with Gasteiger partial charge >= 0.3 is 0 Å². The molecule has 0 unspecified atom stereocenters. The van der Waals surface area contributed by atoms with Crippen molar-refractivity contribution in [3.63, 3.8) is 0 Å². The Morgan fingerprint density at radius 1 is 0.867 bits per heavy atom. The van der Waals surface area contributed by atoms with Gasteiger partial charge in [0.2, 0.25) is 5.70 Å². The number of thioether (sulfide) groups is 1. The third-order valence-electron chi connectivity index (χ3n) is 4.94. The lowest BCUT2D eigenvalue weighted by Gasteiger charge is -2.16. The van der Waals surface area contributed by atoms with Gasteiger partial charge in [-0.2, -0.15) is 4.57 Å². The van der Waals surface area contributed by atoms with Crippen molar-refractivity contribution < 1.29 is 9.67 Å². The molecule has 148 valence electrons. The van der Waals surface area contributed by atoms with Crippen molar-refractivity contribution in [1.82, 2.24) is 0 Å². The number of pyridine rings is 1. The van der Waals surface area contributed by atoms with Crippen LogP contribution in [-0.4, -0.2) is 4.20 Å². The Balaban J connectivity index is 1.68. The molecule has 1 aromatic heterocycles. The third-order valence-corrected chi connectivity index (χ3v) is 6.40. The van der Waals surface area contributed by atoms with E-state index in [2.05, 4.69) is 30.3 Å². The van der Waals surface area contributed by atoms with Crippen molar-refractivity contribution in [2.45, 2.75) is 12.7 Å². The van der Waals surface area contributed by atoms with Crippen LogP contribution in [-0.2, 0) is 5.75 Å². The highest BCUT2D eigenvalue weighted by molar-refractivity contribution is 8.23. The van der Waals surface area contributed by atoms with Gasteiger partial charge in [-0.05, 0) is 40.1 Å². The molecule has 0 saturated carbocycles. The molecule has 4 aromatic rings. The maximum absolute atomic E-state index is 13.3. The summed E-state index contributed by atoms with van der Waals surface area (Å²) in [5.74, 6) is 0.637. The molecule has 0 radical (unpaired) electrons. The molecule has 0 saturated heterocycles. The molecule has 4 heteroatoms. The Labute approximate surface area is 186 Å². The summed E-state index contributed by atoms with van der Waals surface area (Å²) < 4.78 is 2.42. The van der Waals surface area contributed by atoms with Gasteiger partial charge in [-0.25, -0.2) is 0 Å². The molecule has 1 heterocycles. The first-order valence-electron chi connectivity index (χ1n) is 9.72. The van der Waals surface area contributed by atoms with E-state index < -0.39 is 0 Å². The molecular formula is C26H21NOS2. The summed E-state index contributed by atoms with van der Waals surface area (Å²) in [7, 11) is 0. The van der Waals surface area contributed by atoms with E-state index in [1.165, 1.54) is 28.1 Å². The lowest BCUT2D eigenvalue weighted by Crippen LogP contribution is -2.37. The summed E-state index contributed by atoms with van der Waals surface area (Å²) >= 11 is 7.30. The maximum atomic E-state index is 13.3. The zero-order chi connectivity index (χ0) is 20.9. The minimum absolute atomic E-state index is 0.0696. The Morgan fingerprint density at radius 3 is 2.30 bits per heavy atom. The SMILES string of the molecule is Cc1cc[n+](/C(C(=S)SCc2cccc3ccccc23)=C(/[O-])c2ccccc2)cc1. The van der Waals surface area contributed by atoms with Crippen LogP contribution in [0.2, 0.25) is 0 Å². The van der Waals surface area contributed by atoms with Gasteiger partial charge in [-0.3, -0.25) is 0 Å². The van der Waals surface area contributed by atoms with E-state index in [9.17, 15) is 5.11 Å². The minimum atomic E-state index is -0.0696. The van der Waals surface area contributed by atoms with Crippen molar-refractivity contribution >= 4 is 50.4 Å². The first-order valence-corrected chi connectivity index (χ1v) is 11.1. The number of thiocarbonyl (C=S) groups is 1. The van der Waals surface area contributed by atoms with E-state index in [0.717, 1.165) is 5.56 Å². The summed E-state index contributed by atoms with van der Waals surface area (Å²) in [4.78, 5) is 0. The van der Waals surface area contributed by atoms with Crippen molar-refractivity contribution in [3.8, 4) is 0 Å². The number of benzene rings is 3. The largest absolute Gasteiger partial charge is 0.868 e. The fourth-order valence-electron chi connectivity index (χ4n) is 3.32. The summed E-state index contributed by atoms with van der Waals surface area (Å²) in [6.45, 7) is 2.02. The van der Waals surface area contributed by atoms with Crippen molar-refractivity contribution in [2.24, 2.45) is 0 Å². The highest BCUT2D eigenvalue weighted by atomic mass is 32.2. The van der Waals surface area contributed by atoms with E-state index >= 15 is 0 Å². The van der Waals surface area contributed by atoms with Crippen molar-refractivity contribution in [3.05, 3.63) is 114 Å². The van der Waals surface area contributed by atoms with Crippen LogP contribution in [0.5, 0.6) is 0 Å². The second kappa shape index (κ2) is 9.24. The zero-order valence-electron chi connectivity index (χ0n) is 16.6. The van der Waals surface area contributed by atoms with Crippen LogP contribution in [0, 0.1) is 6.92 Å². The Morgan fingerprint density at radius 2 is 1.53 bits per heavy atom. The van der Waals surface area contributed by atoms with E-state index in [4.69, 9.17) is 12.2 Å². The molecule has 0 atom stereocenters. The van der Waals surface area contributed by atoms with Crippen LogP contribution >= 0.6 is 24.0 Å². The van der Waals surface area contributed by atoms with Crippen LogP contribution in [0.1, 0.15) is 16.7 Å². The molecule has 0 N–H and O–H groups in total. The van der Waals surface area contributed by atoms with Crippen LogP contribution in [0.3, 0.4) is 0 Å². The van der Waals surface area contributed by atoms with Crippen molar-refractivity contribution in [2.75, 3.05) is 0 Å². The third kappa shape index (κ3) is 4.45. The molecule has 2 nitrogen and oxygen atoms in total. The summed E-state index contributed by atoms with van der Waals surface area (Å²) in [5.41, 5.74) is 3.49. The second-order valence-corrected chi connectivity index (χ2v) is 8.69. The molecule has 0 aliphatic heterocycles. The summed E-state index contributed by atoms with van der Waals surface area (Å²) in [6.07, 6.45) is 3.80. The average Bonchev–Trinajstić information content (AvgIpc) is 2.79. The maximum Gasteiger partial charge on any atom is 0.228 e. The van der Waals surface area contributed by atoms with Crippen molar-refractivity contribution in [1.29, 1.82) is 0 Å². The van der Waals surface area contributed by atoms with E-state index in [-0.39, 0.29) is 5.76 Å². The van der Waals surface area contributed by atoms with Gasteiger partial charge < -0.3 is 5.11 Å². The second-order valence-electron chi connectivity index (χ2n) is 7.04. The van der Waals surface area contributed by atoms with Crippen LogP contribution in [0.25, 0.3) is 22.2 Å². The fraction of sp³-hybridized carbons (Fsp3) is 0.0769. The number of hydrogen-bond donors (Lipinski definition) is 0. The molecule has 0 aliphatic rings. The summed E-state index contributed by atoms with van der Waals surface area (Å²) in [6, 6.07) is 27.9. The van der Waals surface area contributed by atoms with E-state index in [1.807, 2.05) is 78.5 Å². The van der Waals surface area contributed by atoms with Gasteiger partial charge in [0.1, 0.15) is 4.20 Å². The topological polar surface area (TPSA) is 26.9 Å². The number of aryl methyl sites for hydroxylation is 1. The Kier molecular flexibility index (Phi) is 6.26. The molecule has 0 fully saturated rings. The van der Waals surface area contributed by atoms with Gasteiger partial charge in [0, 0.05) is 17.9 Å². The lowest BCUT2D eigenvalue weighted by molar-refractivity contribution is -0.577. The van der Waals surface area contributed by atoms with Crippen LogP contribution in [0.4, 0.5) is 0 Å². The summed E-state index contributed by atoms with van der Waals surface area (Å²) in [5, 5.41) is 15.8. The van der Waals surface area contributed by atoms with Gasteiger partial charge in [-0.15, -0.1) is 11.8 Å². The average molecular weight is 428 g/mol. The first-order chi connectivity index (χ1) is 14.6. The predicted molar refractivity (Wildman–Crippen MR) is 129 cm³/mol. The molecule has 0 bridgehead atoms. The molecular weight excluding hydrogens is 406 g/mol. The van der Waals surface area contributed by atoms with E-state index in [1.54, 1.807) is 0 Å². The number of nitrogens with zero attached hydrogens (tertiary/aromatic N) is 1. The van der Waals surface area contributed by atoms with Crippen LogP contribution < -0.4 is 9.67 Å². The number of fused-ring (bicyclic) bond motifs is 1. The van der Waals surface area contributed by atoms with Crippen LogP contribution in [0.15, 0.2) is 97.3 Å². The molecule has 30 heavy (non-hydrogen) atoms. The number of aromatic nitrogens is 1. The Hall–Kier alpha value is -2.95. The molecule has 0 spiro atoms.